The molecule has 0 spiro atoms. The average molecular weight is 267 g/mol. The minimum atomic E-state index is -0.465. The van der Waals surface area contributed by atoms with Crippen LogP contribution in [-0.2, 0) is 4.74 Å². The standard InChI is InChI=1S/C17H17NO2/c1-13(2)20-17(19)18(15-7-5-4-6-8-15)16-11-9-14(3)10-12-16/h4-12H,1H2,2-3H3. The molecule has 3 nitrogen and oxygen atoms in total. The summed E-state index contributed by atoms with van der Waals surface area (Å²) in [6, 6.07) is 17.1. The molecule has 0 aliphatic carbocycles. The normalized spacial score (nSPS) is 9.90. The molecular weight excluding hydrogens is 250 g/mol. The maximum Gasteiger partial charge on any atom is 0.424 e. The topological polar surface area (TPSA) is 29.5 Å². The average Bonchev–Trinajstić information content (AvgIpc) is 2.42. The van der Waals surface area contributed by atoms with E-state index in [1.165, 1.54) is 4.90 Å². The number of hydrogen-bond acceptors (Lipinski definition) is 2. The highest BCUT2D eigenvalue weighted by Crippen LogP contribution is 2.26. The van der Waals surface area contributed by atoms with Gasteiger partial charge in [-0.2, -0.15) is 0 Å². The van der Waals surface area contributed by atoms with Crippen molar-refractivity contribution in [2.45, 2.75) is 13.8 Å². The minimum Gasteiger partial charge on any atom is -0.415 e. The van der Waals surface area contributed by atoms with Crippen LogP contribution in [0.4, 0.5) is 16.2 Å². The summed E-state index contributed by atoms with van der Waals surface area (Å²) in [4.78, 5) is 13.8. The van der Waals surface area contributed by atoms with Crippen LogP contribution in [0.15, 0.2) is 66.9 Å². The fraction of sp³-hybridized carbons (Fsp3) is 0.118. The van der Waals surface area contributed by atoms with Gasteiger partial charge in [-0.05, 0) is 38.1 Å². The molecule has 3 heteroatoms. The Bertz CT molecular complexity index is 603. The third-order valence-corrected chi connectivity index (χ3v) is 2.75. The highest BCUT2D eigenvalue weighted by Gasteiger charge is 2.19. The van der Waals surface area contributed by atoms with Gasteiger partial charge >= 0.3 is 6.09 Å². The summed E-state index contributed by atoms with van der Waals surface area (Å²) in [7, 11) is 0. The number of benzene rings is 2. The zero-order chi connectivity index (χ0) is 14.5. The number of allylic oxidation sites excluding steroid dienone is 1. The number of hydrogen-bond donors (Lipinski definition) is 0. The van der Waals surface area contributed by atoms with Crippen LogP contribution in [0.1, 0.15) is 12.5 Å². The summed E-state index contributed by atoms with van der Waals surface area (Å²) in [5, 5.41) is 0. The Morgan fingerprint density at radius 3 is 2.10 bits per heavy atom. The van der Waals surface area contributed by atoms with E-state index in [9.17, 15) is 4.79 Å². The number of para-hydroxylation sites is 1. The SMILES string of the molecule is C=C(C)OC(=O)N(c1ccccc1)c1ccc(C)cc1. The van der Waals surface area contributed by atoms with E-state index < -0.39 is 6.09 Å². The lowest BCUT2D eigenvalue weighted by Gasteiger charge is -2.22. The summed E-state index contributed by atoms with van der Waals surface area (Å²) >= 11 is 0. The largest absolute Gasteiger partial charge is 0.424 e. The first-order valence-corrected chi connectivity index (χ1v) is 6.37. The van der Waals surface area contributed by atoms with Crippen LogP contribution in [0.2, 0.25) is 0 Å². The van der Waals surface area contributed by atoms with E-state index in [4.69, 9.17) is 4.74 Å². The Hall–Kier alpha value is -2.55. The zero-order valence-electron chi connectivity index (χ0n) is 11.7. The van der Waals surface area contributed by atoms with E-state index in [2.05, 4.69) is 6.58 Å². The lowest BCUT2D eigenvalue weighted by molar-refractivity contribution is 0.187. The van der Waals surface area contributed by atoms with Crippen molar-refractivity contribution in [1.82, 2.24) is 0 Å². The van der Waals surface area contributed by atoms with Crippen molar-refractivity contribution in [3.05, 3.63) is 72.5 Å². The first-order valence-electron chi connectivity index (χ1n) is 6.37. The van der Waals surface area contributed by atoms with Gasteiger partial charge in [-0.15, -0.1) is 0 Å². The molecule has 0 aliphatic rings. The predicted molar refractivity (Wildman–Crippen MR) is 81.1 cm³/mol. The summed E-state index contributed by atoms with van der Waals surface area (Å²) in [6.45, 7) is 7.26. The van der Waals surface area contributed by atoms with Gasteiger partial charge in [-0.3, -0.25) is 0 Å². The second kappa shape index (κ2) is 6.06. The van der Waals surface area contributed by atoms with Crippen molar-refractivity contribution < 1.29 is 9.53 Å². The van der Waals surface area contributed by atoms with Gasteiger partial charge in [-0.1, -0.05) is 42.5 Å². The van der Waals surface area contributed by atoms with Crippen molar-refractivity contribution in [1.29, 1.82) is 0 Å². The number of amides is 1. The number of ether oxygens (including phenoxy) is 1. The van der Waals surface area contributed by atoms with Crippen molar-refractivity contribution in [2.24, 2.45) is 0 Å². The molecule has 102 valence electrons. The number of rotatable bonds is 3. The second-order valence-electron chi connectivity index (χ2n) is 4.58. The molecule has 2 aromatic carbocycles. The molecule has 20 heavy (non-hydrogen) atoms. The summed E-state index contributed by atoms with van der Waals surface area (Å²) < 4.78 is 5.14. The van der Waals surface area contributed by atoms with Crippen molar-refractivity contribution in [3.8, 4) is 0 Å². The molecule has 0 saturated heterocycles. The van der Waals surface area contributed by atoms with Crippen LogP contribution in [0, 0.1) is 6.92 Å². The molecule has 0 heterocycles. The number of carbonyl (C=O) groups excluding carboxylic acids is 1. The fourth-order valence-corrected chi connectivity index (χ4v) is 1.83. The number of anilines is 2. The van der Waals surface area contributed by atoms with Gasteiger partial charge in [0.25, 0.3) is 0 Å². The summed E-state index contributed by atoms with van der Waals surface area (Å²) in [5.41, 5.74) is 2.64. The van der Waals surface area contributed by atoms with Crippen molar-refractivity contribution in [3.63, 3.8) is 0 Å². The maximum atomic E-state index is 12.3. The Labute approximate surface area is 119 Å². The Morgan fingerprint density at radius 2 is 1.55 bits per heavy atom. The summed E-state index contributed by atoms with van der Waals surface area (Å²) in [5.74, 6) is 0.364. The van der Waals surface area contributed by atoms with Crippen LogP contribution in [-0.4, -0.2) is 6.09 Å². The molecule has 0 unspecified atom stereocenters. The minimum absolute atomic E-state index is 0.364. The molecular formula is C17H17NO2. The first-order chi connectivity index (χ1) is 9.58. The zero-order valence-corrected chi connectivity index (χ0v) is 11.7. The van der Waals surface area contributed by atoms with Gasteiger partial charge < -0.3 is 4.74 Å². The van der Waals surface area contributed by atoms with Gasteiger partial charge in [0, 0.05) is 0 Å². The molecule has 0 fully saturated rings. The van der Waals surface area contributed by atoms with Crippen LogP contribution in [0.3, 0.4) is 0 Å². The van der Waals surface area contributed by atoms with Gasteiger partial charge in [-0.25, -0.2) is 9.69 Å². The van der Waals surface area contributed by atoms with Crippen molar-refractivity contribution in [2.75, 3.05) is 4.90 Å². The predicted octanol–water partition coefficient (Wildman–Crippen LogP) is 4.80. The third kappa shape index (κ3) is 3.26. The van der Waals surface area contributed by atoms with E-state index in [1.807, 2.05) is 61.5 Å². The third-order valence-electron chi connectivity index (χ3n) is 2.75. The van der Waals surface area contributed by atoms with E-state index in [1.54, 1.807) is 6.92 Å². The molecule has 0 aliphatic heterocycles. The van der Waals surface area contributed by atoms with Crippen LogP contribution in [0.5, 0.6) is 0 Å². The Balaban J connectivity index is 2.41. The lowest BCUT2D eigenvalue weighted by atomic mass is 10.2. The van der Waals surface area contributed by atoms with Gasteiger partial charge in [0.1, 0.15) is 0 Å². The number of nitrogens with zero attached hydrogens (tertiary/aromatic N) is 1. The Kier molecular flexibility index (Phi) is 4.20. The Morgan fingerprint density at radius 1 is 1.00 bits per heavy atom. The molecule has 0 N–H and O–H groups in total. The number of carbonyl (C=O) groups is 1. The van der Waals surface area contributed by atoms with Gasteiger partial charge in [0.2, 0.25) is 0 Å². The van der Waals surface area contributed by atoms with Crippen LogP contribution in [0.25, 0.3) is 0 Å². The highest BCUT2D eigenvalue weighted by molar-refractivity contribution is 5.96. The smallest absolute Gasteiger partial charge is 0.415 e. The molecule has 0 bridgehead atoms. The summed E-state index contributed by atoms with van der Waals surface area (Å²) in [6.07, 6.45) is -0.465. The molecule has 2 rings (SSSR count). The van der Waals surface area contributed by atoms with Crippen LogP contribution < -0.4 is 4.90 Å². The number of aryl methyl sites for hydroxylation is 1. The molecule has 0 saturated carbocycles. The lowest BCUT2D eigenvalue weighted by Crippen LogP contribution is -2.26. The van der Waals surface area contributed by atoms with Gasteiger partial charge in [0.15, 0.2) is 0 Å². The molecule has 0 atom stereocenters. The van der Waals surface area contributed by atoms with E-state index in [0.717, 1.165) is 16.9 Å². The monoisotopic (exact) mass is 267 g/mol. The molecule has 0 aromatic heterocycles. The highest BCUT2D eigenvalue weighted by atomic mass is 16.6. The molecule has 0 radical (unpaired) electrons. The molecule has 2 aromatic rings. The van der Waals surface area contributed by atoms with Crippen LogP contribution >= 0.6 is 0 Å². The van der Waals surface area contributed by atoms with E-state index in [-0.39, 0.29) is 0 Å². The quantitative estimate of drug-likeness (QED) is 0.747. The van der Waals surface area contributed by atoms with Crippen molar-refractivity contribution >= 4 is 17.5 Å². The maximum absolute atomic E-state index is 12.3. The fourth-order valence-electron chi connectivity index (χ4n) is 1.83. The first kappa shape index (κ1) is 13.9. The van der Waals surface area contributed by atoms with E-state index >= 15 is 0 Å². The van der Waals surface area contributed by atoms with E-state index in [0.29, 0.717) is 5.76 Å². The second-order valence-corrected chi connectivity index (χ2v) is 4.58. The molecule has 1 amide bonds. The van der Waals surface area contributed by atoms with Gasteiger partial charge in [0.05, 0.1) is 17.1 Å².